The van der Waals surface area contributed by atoms with Crippen LogP contribution in [0.4, 0.5) is 4.79 Å². The molecule has 282 valence electrons. The van der Waals surface area contributed by atoms with Crippen LogP contribution in [0.25, 0.3) is 0 Å². The van der Waals surface area contributed by atoms with Crippen molar-refractivity contribution in [3.05, 3.63) is 121 Å². The van der Waals surface area contributed by atoms with Gasteiger partial charge in [0.2, 0.25) is 11.8 Å². The Labute approximate surface area is 310 Å². The molecule has 2 saturated carbocycles. The molecule has 12 nitrogen and oxygen atoms in total. The zero-order valence-electron chi connectivity index (χ0n) is 30.4. The van der Waals surface area contributed by atoms with Gasteiger partial charge in [0.1, 0.15) is 22.7 Å². The molecule has 53 heavy (non-hydrogen) atoms. The number of amides is 3. The third-order valence-electron chi connectivity index (χ3n) is 9.69. The van der Waals surface area contributed by atoms with Crippen LogP contribution >= 0.6 is 0 Å². The molecule has 0 heterocycles. The fraction of sp³-hybridized carbons (Fsp3) is 0.390. The van der Waals surface area contributed by atoms with Crippen LogP contribution in [0, 0.1) is 17.8 Å². The second kappa shape index (κ2) is 16.0. The highest BCUT2D eigenvalue weighted by molar-refractivity contribution is 5.95. The molecule has 1 unspecified atom stereocenters. The lowest BCUT2D eigenvalue weighted by Crippen LogP contribution is -2.61. The summed E-state index contributed by atoms with van der Waals surface area (Å²) in [6.07, 6.45) is -1.75. The number of hydrogen-bond donors (Lipinski definition) is 4. The fourth-order valence-corrected chi connectivity index (χ4v) is 7.53. The van der Waals surface area contributed by atoms with Crippen molar-refractivity contribution in [2.75, 3.05) is 6.61 Å². The summed E-state index contributed by atoms with van der Waals surface area (Å²) in [6, 6.07) is 27.2. The molecular weight excluding hydrogens is 678 g/mol. The molecule has 0 aliphatic heterocycles. The summed E-state index contributed by atoms with van der Waals surface area (Å²) < 4.78 is 15.8. The van der Waals surface area contributed by atoms with Gasteiger partial charge in [-0.05, 0) is 50.8 Å². The number of fused-ring (bicyclic) bond motifs is 1. The first-order chi connectivity index (χ1) is 25.3. The molecule has 6 atom stereocenters. The van der Waals surface area contributed by atoms with Crippen LogP contribution in [-0.2, 0) is 38.9 Å². The van der Waals surface area contributed by atoms with Crippen molar-refractivity contribution in [1.82, 2.24) is 16.0 Å². The van der Waals surface area contributed by atoms with E-state index in [2.05, 4.69) is 22.5 Å². The van der Waals surface area contributed by atoms with E-state index in [-0.39, 0.29) is 27.3 Å². The second-order valence-corrected chi connectivity index (χ2v) is 14.3. The third kappa shape index (κ3) is 8.28. The van der Waals surface area contributed by atoms with Crippen molar-refractivity contribution in [2.24, 2.45) is 17.8 Å². The maximum Gasteiger partial charge on any atom is 0.408 e. The third-order valence-corrected chi connectivity index (χ3v) is 9.69. The molecular formula is C41H49N3O9. The van der Waals surface area contributed by atoms with E-state index >= 15 is 0 Å². The van der Waals surface area contributed by atoms with Crippen molar-refractivity contribution in [1.29, 1.82) is 0 Å². The minimum absolute atomic E-state index is 0. The molecule has 12 heteroatoms. The minimum atomic E-state index is -1.80. The largest absolute Gasteiger partial charge is 0.464 e. The molecule has 0 spiro atoms. The normalized spacial score (nSPS) is 22.3. The van der Waals surface area contributed by atoms with Gasteiger partial charge in [0.15, 0.2) is 0 Å². The Morgan fingerprint density at radius 1 is 0.925 bits per heavy atom. The van der Waals surface area contributed by atoms with Crippen molar-refractivity contribution in [2.45, 2.75) is 75.8 Å². The predicted molar refractivity (Wildman–Crippen MR) is 197 cm³/mol. The van der Waals surface area contributed by atoms with E-state index in [1.165, 1.54) is 0 Å². The van der Waals surface area contributed by atoms with Crippen LogP contribution in [0.15, 0.2) is 104 Å². The molecule has 0 aromatic heterocycles. The van der Waals surface area contributed by atoms with E-state index in [1.807, 2.05) is 91.0 Å². The van der Waals surface area contributed by atoms with Crippen LogP contribution in [0.2, 0.25) is 0 Å². The first-order valence-electron chi connectivity index (χ1n) is 17.7. The molecule has 0 bridgehead atoms. The van der Waals surface area contributed by atoms with Crippen molar-refractivity contribution in [3.63, 3.8) is 0 Å². The maximum atomic E-state index is 14.2. The summed E-state index contributed by atoms with van der Waals surface area (Å²) in [7, 11) is 0. The summed E-state index contributed by atoms with van der Waals surface area (Å²) in [5.41, 5.74) is -1.45. The number of alkyl carbamates (subject to hydrolysis) is 1. The molecule has 4 N–H and O–H groups in total. The number of carbonyl (C=O) groups excluding carboxylic acids is 5. The van der Waals surface area contributed by atoms with E-state index in [0.717, 1.165) is 23.0 Å². The molecule has 3 aromatic carbocycles. The van der Waals surface area contributed by atoms with Gasteiger partial charge in [-0.3, -0.25) is 14.4 Å². The summed E-state index contributed by atoms with van der Waals surface area (Å²) in [6.45, 7) is 9.96. The highest BCUT2D eigenvalue weighted by Gasteiger charge is 2.76. The summed E-state index contributed by atoms with van der Waals surface area (Å²) in [5.74, 6) is -5.19. The Balaban J connectivity index is 0.00000650. The van der Waals surface area contributed by atoms with Gasteiger partial charge in [-0.2, -0.15) is 0 Å². The Hall–Kier alpha value is -5.49. The molecule has 2 aliphatic carbocycles. The van der Waals surface area contributed by atoms with E-state index in [1.54, 1.807) is 27.7 Å². The second-order valence-electron chi connectivity index (χ2n) is 14.3. The minimum Gasteiger partial charge on any atom is -0.464 e. The number of benzene rings is 3. The number of nitrogens with one attached hydrogen (secondary N) is 3. The van der Waals surface area contributed by atoms with E-state index in [4.69, 9.17) is 14.2 Å². The van der Waals surface area contributed by atoms with Gasteiger partial charge in [-0.15, -0.1) is 0 Å². The fourth-order valence-electron chi connectivity index (χ4n) is 7.53. The number of esters is 2. The number of ether oxygens (including phenoxy) is 3. The Morgan fingerprint density at radius 3 is 1.92 bits per heavy atom. The van der Waals surface area contributed by atoms with Crippen molar-refractivity contribution in [3.8, 4) is 0 Å². The molecule has 0 radical (unpaired) electrons. The number of carbonyl (C=O) groups is 5. The number of rotatable bonds is 14. The quantitative estimate of drug-likeness (QED) is 0.0793. The monoisotopic (exact) mass is 727 g/mol. The van der Waals surface area contributed by atoms with Crippen molar-refractivity contribution >= 4 is 29.8 Å². The van der Waals surface area contributed by atoms with Gasteiger partial charge in [0.25, 0.3) is 0 Å². The lowest BCUT2D eigenvalue weighted by atomic mass is 9.77. The average Bonchev–Trinajstić information content (AvgIpc) is 3.83. The van der Waals surface area contributed by atoms with E-state index in [9.17, 15) is 29.1 Å². The van der Waals surface area contributed by atoms with Gasteiger partial charge in [0, 0.05) is 26.1 Å². The lowest BCUT2D eigenvalue weighted by molar-refractivity contribution is -0.156. The molecule has 3 amide bonds. The van der Waals surface area contributed by atoms with Crippen LogP contribution in [0.5, 0.6) is 0 Å². The van der Waals surface area contributed by atoms with Gasteiger partial charge in [-0.25, -0.2) is 9.59 Å². The number of aliphatic hydroxyl groups is 1. The van der Waals surface area contributed by atoms with E-state index < -0.39 is 76.4 Å². The molecule has 2 fully saturated rings. The summed E-state index contributed by atoms with van der Waals surface area (Å²) >= 11 is 0. The number of aliphatic hydroxyl groups excluding tert-OH is 1. The molecule has 0 saturated heterocycles. The van der Waals surface area contributed by atoms with Crippen LogP contribution < -0.4 is 16.0 Å². The molecule has 2 aliphatic rings. The summed E-state index contributed by atoms with van der Waals surface area (Å²) in [4.78, 5) is 67.8. The summed E-state index contributed by atoms with van der Waals surface area (Å²) in [5, 5.41) is 19.5. The predicted octanol–water partition coefficient (Wildman–Crippen LogP) is 4.75. The van der Waals surface area contributed by atoms with Crippen LogP contribution in [-0.4, -0.2) is 64.8 Å². The number of hydrogen-bond acceptors (Lipinski definition) is 9. The SMILES string of the molecule is C=COC(=O)[C@H]1[C@H]2[C@@H]1[C@@](NC(=O)C(CCC(=O)NC(c1ccccc1)(c1ccccc1)c1ccccc1)NC(=O)OC(C)(C)C)(C(=O)OCC)C[C@@H]2O.[HH]. The van der Waals surface area contributed by atoms with Gasteiger partial charge < -0.3 is 35.3 Å². The zero-order valence-corrected chi connectivity index (χ0v) is 30.4. The van der Waals surface area contributed by atoms with Gasteiger partial charge >= 0.3 is 18.0 Å². The van der Waals surface area contributed by atoms with Crippen LogP contribution in [0.1, 0.15) is 65.1 Å². The topological polar surface area (TPSA) is 169 Å². The van der Waals surface area contributed by atoms with E-state index in [0.29, 0.717) is 0 Å². The Bertz CT molecular complexity index is 1710. The first kappa shape index (κ1) is 38.7. The highest BCUT2D eigenvalue weighted by Crippen LogP contribution is 2.63. The van der Waals surface area contributed by atoms with Gasteiger partial charge in [-0.1, -0.05) is 97.6 Å². The van der Waals surface area contributed by atoms with Gasteiger partial charge in [0.05, 0.1) is 24.9 Å². The van der Waals surface area contributed by atoms with Crippen molar-refractivity contribution < 1.29 is 44.7 Å². The Morgan fingerprint density at radius 2 is 1.45 bits per heavy atom. The molecule has 3 aromatic rings. The lowest BCUT2D eigenvalue weighted by Gasteiger charge is -2.37. The highest BCUT2D eigenvalue weighted by atomic mass is 16.6. The van der Waals surface area contributed by atoms with Crippen LogP contribution in [0.3, 0.4) is 0 Å². The smallest absolute Gasteiger partial charge is 0.408 e. The maximum absolute atomic E-state index is 14.2. The zero-order chi connectivity index (χ0) is 38.4. The average molecular weight is 728 g/mol. The Kier molecular flexibility index (Phi) is 11.7. The standard InChI is InChI=1S/C41H47N3O9.H2/c1-6-51-36(48)33-32-30(45)25-40(34(32)33,37(49)52-7-2)44-35(47)29(42-38(50)53-39(3,4)5)23-24-31(46)43-41(26-17-11-8-12-18-26,27-19-13-9-14-20-27)28-21-15-10-16-22-28;/h6,8-22,29-30,32-34,45H,1,7,23-25H2,2-5H3,(H,42,50)(H,43,46)(H,44,47);1H/t29?,30-,32-,33-,34-,40+;/m0./s1. The molecule has 5 rings (SSSR count). The first-order valence-corrected chi connectivity index (χ1v) is 17.7.